The Balaban J connectivity index is 2.38. The molecule has 0 aliphatic rings. The molecule has 0 aromatic carbocycles. The summed E-state index contributed by atoms with van der Waals surface area (Å²) in [6.07, 6.45) is 0.215. The molecule has 2 N–H and O–H groups in total. The molecule has 0 aliphatic heterocycles. The zero-order chi connectivity index (χ0) is 12.8. The number of aromatic carboxylic acids is 1. The standard InChI is InChI=1S/C11H15NO4S/c1-7(2)12-9(13)3-5-16-8-4-6-17-10(8)11(14)15/h4,6-7H,3,5H2,1-2H3,(H,12,13)(H,14,15). The molecule has 6 heteroatoms. The van der Waals surface area contributed by atoms with E-state index in [0.717, 1.165) is 11.3 Å². The predicted octanol–water partition coefficient (Wildman–Crippen LogP) is 1.74. The van der Waals surface area contributed by atoms with Crippen molar-refractivity contribution in [3.8, 4) is 5.75 Å². The summed E-state index contributed by atoms with van der Waals surface area (Å²) in [6, 6.07) is 1.69. The quantitative estimate of drug-likeness (QED) is 0.814. The molecule has 1 rings (SSSR count). The van der Waals surface area contributed by atoms with Crippen molar-refractivity contribution in [2.75, 3.05) is 6.61 Å². The number of carbonyl (C=O) groups is 2. The fourth-order valence-corrected chi connectivity index (χ4v) is 1.89. The lowest BCUT2D eigenvalue weighted by molar-refractivity contribution is -0.122. The lowest BCUT2D eigenvalue weighted by atomic mass is 10.3. The van der Waals surface area contributed by atoms with Gasteiger partial charge in [0.15, 0.2) is 4.88 Å². The van der Waals surface area contributed by atoms with Crippen LogP contribution < -0.4 is 10.1 Å². The molecule has 0 unspecified atom stereocenters. The van der Waals surface area contributed by atoms with Crippen LogP contribution in [0, 0.1) is 0 Å². The Morgan fingerprint density at radius 1 is 1.53 bits per heavy atom. The molecule has 0 saturated heterocycles. The van der Waals surface area contributed by atoms with Crippen LogP contribution in [0.4, 0.5) is 0 Å². The van der Waals surface area contributed by atoms with Gasteiger partial charge in [0.05, 0.1) is 13.0 Å². The molecule has 0 saturated carbocycles. The number of ether oxygens (including phenoxy) is 1. The summed E-state index contributed by atoms with van der Waals surface area (Å²) >= 11 is 1.10. The molecule has 1 heterocycles. The van der Waals surface area contributed by atoms with E-state index in [-0.39, 0.29) is 29.9 Å². The monoisotopic (exact) mass is 257 g/mol. The van der Waals surface area contributed by atoms with Crippen LogP contribution in [0.5, 0.6) is 5.75 Å². The van der Waals surface area contributed by atoms with Crippen molar-refractivity contribution in [2.24, 2.45) is 0 Å². The second-order valence-corrected chi connectivity index (χ2v) is 4.66. The summed E-state index contributed by atoms with van der Waals surface area (Å²) in [7, 11) is 0. The van der Waals surface area contributed by atoms with Gasteiger partial charge in [-0.15, -0.1) is 11.3 Å². The number of carboxylic acid groups (broad SMARTS) is 1. The topological polar surface area (TPSA) is 75.6 Å². The van der Waals surface area contributed by atoms with Gasteiger partial charge in [0, 0.05) is 6.04 Å². The normalized spacial score (nSPS) is 10.3. The average molecular weight is 257 g/mol. The number of carboxylic acids is 1. The van der Waals surface area contributed by atoms with Crippen molar-refractivity contribution in [3.63, 3.8) is 0 Å². The minimum absolute atomic E-state index is 0.0956. The molecule has 17 heavy (non-hydrogen) atoms. The Kier molecular flexibility index (Phi) is 4.96. The zero-order valence-electron chi connectivity index (χ0n) is 9.73. The Hall–Kier alpha value is -1.56. The number of amides is 1. The number of thiophene rings is 1. The van der Waals surface area contributed by atoms with E-state index >= 15 is 0 Å². The summed E-state index contributed by atoms with van der Waals surface area (Å²) in [6.45, 7) is 3.93. The van der Waals surface area contributed by atoms with Crippen molar-refractivity contribution >= 4 is 23.2 Å². The summed E-state index contributed by atoms with van der Waals surface area (Å²) in [5.74, 6) is -0.798. The maximum atomic E-state index is 11.3. The molecule has 5 nitrogen and oxygen atoms in total. The molecule has 0 atom stereocenters. The number of rotatable bonds is 6. The maximum Gasteiger partial charge on any atom is 0.349 e. The summed E-state index contributed by atoms with van der Waals surface area (Å²) < 4.78 is 5.26. The van der Waals surface area contributed by atoms with Gasteiger partial charge < -0.3 is 15.2 Å². The molecule has 0 aliphatic carbocycles. The van der Waals surface area contributed by atoms with Crippen LogP contribution in [0.3, 0.4) is 0 Å². The summed E-state index contributed by atoms with van der Waals surface area (Å²) in [5, 5.41) is 13.2. The van der Waals surface area contributed by atoms with Crippen LogP contribution in [0.15, 0.2) is 11.4 Å². The lowest BCUT2D eigenvalue weighted by Gasteiger charge is -2.08. The van der Waals surface area contributed by atoms with Crippen LogP contribution in [-0.4, -0.2) is 29.6 Å². The SMILES string of the molecule is CC(C)NC(=O)CCOc1ccsc1C(=O)O. The van der Waals surface area contributed by atoms with Crippen LogP contribution >= 0.6 is 11.3 Å². The van der Waals surface area contributed by atoms with Crippen molar-refractivity contribution in [2.45, 2.75) is 26.3 Å². The van der Waals surface area contributed by atoms with Gasteiger partial charge in [-0.25, -0.2) is 4.79 Å². The van der Waals surface area contributed by atoms with Gasteiger partial charge in [0.1, 0.15) is 5.75 Å². The molecule has 1 amide bonds. The van der Waals surface area contributed by atoms with Crippen LogP contribution in [-0.2, 0) is 4.79 Å². The first kappa shape index (κ1) is 13.5. The van der Waals surface area contributed by atoms with Crippen LogP contribution in [0.1, 0.15) is 29.9 Å². The third-order valence-electron chi connectivity index (χ3n) is 1.86. The third kappa shape index (κ3) is 4.44. The minimum atomic E-state index is -1.01. The van der Waals surface area contributed by atoms with Gasteiger partial charge in [-0.1, -0.05) is 0 Å². The number of hydrogen-bond acceptors (Lipinski definition) is 4. The van der Waals surface area contributed by atoms with Crippen LogP contribution in [0.2, 0.25) is 0 Å². The van der Waals surface area contributed by atoms with E-state index in [1.54, 1.807) is 11.4 Å². The first-order valence-electron chi connectivity index (χ1n) is 5.23. The van der Waals surface area contributed by atoms with Crippen LogP contribution in [0.25, 0.3) is 0 Å². The van der Waals surface area contributed by atoms with Gasteiger partial charge in [0.25, 0.3) is 0 Å². The molecule has 0 fully saturated rings. The first-order valence-corrected chi connectivity index (χ1v) is 6.11. The van der Waals surface area contributed by atoms with E-state index in [1.807, 2.05) is 13.8 Å². The van der Waals surface area contributed by atoms with Gasteiger partial charge in [0.2, 0.25) is 5.91 Å². The Labute approximate surface area is 103 Å². The van der Waals surface area contributed by atoms with E-state index in [0.29, 0.717) is 5.75 Å². The van der Waals surface area contributed by atoms with E-state index in [4.69, 9.17) is 9.84 Å². The minimum Gasteiger partial charge on any atom is -0.491 e. The molecule has 94 valence electrons. The highest BCUT2D eigenvalue weighted by molar-refractivity contribution is 7.12. The molecule has 0 bridgehead atoms. The first-order chi connectivity index (χ1) is 8.00. The van der Waals surface area contributed by atoms with Gasteiger partial charge in [-0.2, -0.15) is 0 Å². The molecule has 1 aromatic rings. The van der Waals surface area contributed by atoms with E-state index in [1.165, 1.54) is 0 Å². The molecular formula is C11H15NO4S. The highest BCUT2D eigenvalue weighted by atomic mass is 32.1. The van der Waals surface area contributed by atoms with Crippen molar-refractivity contribution < 1.29 is 19.4 Å². The summed E-state index contributed by atoms with van der Waals surface area (Å²) in [4.78, 5) is 22.2. The smallest absolute Gasteiger partial charge is 0.349 e. The molecule has 0 radical (unpaired) electrons. The number of carbonyl (C=O) groups excluding carboxylic acids is 1. The molecule has 0 spiro atoms. The van der Waals surface area contributed by atoms with Gasteiger partial charge in [-0.05, 0) is 25.3 Å². The van der Waals surface area contributed by atoms with E-state index in [9.17, 15) is 9.59 Å². The molecular weight excluding hydrogens is 242 g/mol. The van der Waals surface area contributed by atoms with E-state index in [2.05, 4.69) is 5.32 Å². The highest BCUT2D eigenvalue weighted by Gasteiger charge is 2.13. The highest BCUT2D eigenvalue weighted by Crippen LogP contribution is 2.24. The van der Waals surface area contributed by atoms with Gasteiger partial charge >= 0.3 is 5.97 Å². The van der Waals surface area contributed by atoms with E-state index < -0.39 is 5.97 Å². The Morgan fingerprint density at radius 2 is 2.24 bits per heavy atom. The number of hydrogen-bond donors (Lipinski definition) is 2. The fraction of sp³-hybridized carbons (Fsp3) is 0.455. The maximum absolute atomic E-state index is 11.3. The van der Waals surface area contributed by atoms with Crippen molar-refractivity contribution in [1.82, 2.24) is 5.32 Å². The number of nitrogens with one attached hydrogen (secondary N) is 1. The largest absolute Gasteiger partial charge is 0.491 e. The Morgan fingerprint density at radius 3 is 2.82 bits per heavy atom. The average Bonchev–Trinajstić information content (AvgIpc) is 2.64. The molecule has 1 aromatic heterocycles. The van der Waals surface area contributed by atoms with Crippen molar-refractivity contribution in [3.05, 3.63) is 16.3 Å². The predicted molar refractivity (Wildman–Crippen MR) is 64.7 cm³/mol. The second kappa shape index (κ2) is 6.24. The summed E-state index contributed by atoms with van der Waals surface area (Å²) in [5.41, 5.74) is 0. The third-order valence-corrected chi connectivity index (χ3v) is 2.74. The lowest BCUT2D eigenvalue weighted by Crippen LogP contribution is -2.31. The fourth-order valence-electron chi connectivity index (χ4n) is 1.21. The second-order valence-electron chi connectivity index (χ2n) is 3.74. The van der Waals surface area contributed by atoms with Crippen molar-refractivity contribution in [1.29, 1.82) is 0 Å². The zero-order valence-corrected chi connectivity index (χ0v) is 10.5. The van der Waals surface area contributed by atoms with Gasteiger partial charge in [-0.3, -0.25) is 4.79 Å². The Bertz CT molecular complexity index is 400.